The van der Waals surface area contributed by atoms with Gasteiger partial charge in [0, 0.05) is 23.1 Å². The molecule has 2 aliphatic rings. The minimum atomic E-state index is -0.176. The standard InChI is InChI=1S/C17H24BrFN2/c1-12(15-7-6-14(19)10-16(15)18)21-9-3-4-13(11-21)17-5-2-8-20-17/h6-7,10,12-13,17,20H,2-5,8-9,11H2,1H3. The highest BCUT2D eigenvalue weighted by Crippen LogP contribution is 2.33. The Morgan fingerprint density at radius 1 is 1.33 bits per heavy atom. The molecule has 3 unspecified atom stereocenters. The van der Waals surface area contributed by atoms with E-state index in [-0.39, 0.29) is 5.82 Å². The summed E-state index contributed by atoms with van der Waals surface area (Å²) < 4.78 is 14.2. The van der Waals surface area contributed by atoms with Crippen LogP contribution < -0.4 is 5.32 Å². The number of hydrogen-bond donors (Lipinski definition) is 1. The number of benzene rings is 1. The number of piperidine rings is 1. The van der Waals surface area contributed by atoms with Crippen LogP contribution in [0.4, 0.5) is 4.39 Å². The Morgan fingerprint density at radius 3 is 2.90 bits per heavy atom. The van der Waals surface area contributed by atoms with Gasteiger partial charge >= 0.3 is 0 Å². The smallest absolute Gasteiger partial charge is 0.124 e. The Labute approximate surface area is 135 Å². The molecule has 0 bridgehead atoms. The summed E-state index contributed by atoms with van der Waals surface area (Å²) in [6, 6.07) is 6.10. The van der Waals surface area contributed by atoms with Crippen molar-refractivity contribution in [3.63, 3.8) is 0 Å². The van der Waals surface area contributed by atoms with Gasteiger partial charge in [-0.25, -0.2) is 4.39 Å². The summed E-state index contributed by atoms with van der Waals surface area (Å²) in [5.41, 5.74) is 1.19. The highest BCUT2D eigenvalue weighted by Gasteiger charge is 2.31. The SMILES string of the molecule is CC(c1ccc(F)cc1Br)N1CCCC(C2CCCN2)C1. The summed E-state index contributed by atoms with van der Waals surface area (Å²) in [6.07, 6.45) is 5.25. The largest absolute Gasteiger partial charge is 0.314 e. The summed E-state index contributed by atoms with van der Waals surface area (Å²) in [4.78, 5) is 2.56. The van der Waals surface area contributed by atoms with Crippen LogP contribution in [0.25, 0.3) is 0 Å². The van der Waals surface area contributed by atoms with E-state index in [1.54, 1.807) is 12.1 Å². The molecule has 3 rings (SSSR count). The molecule has 0 aromatic heterocycles. The number of nitrogens with zero attached hydrogens (tertiary/aromatic N) is 1. The van der Waals surface area contributed by atoms with Crippen LogP contribution >= 0.6 is 15.9 Å². The zero-order valence-electron chi connectivity index (χ0n) is 12.6. The molecule has 1 aromatic rings. The van der Waals surface area contributed by atoms with E-state index >= 15 is 0 Å². The van der Waals surface area contributed by atoms with Gasteiger partial charge in [-0.05, 0) is 69.3 Å². The first-order chi connectivity index (χ1) is 10.1. The predicted octanol–water partition coefficient (Wildman–Crippen LogP) is 4.11. The molecule has 2 aliphatic heterocycles. The maximum Gasteiger partial charge on any atom is 0.124 e. The minimum absolute atomic E-state index is 0.176. The Bertz CT molecular complexity index is 488. The van der Waals surface area contributed by atoms with Gasteiger partial charge in [0.15, 0.2) is 0 Å². The van der Waals surface area contributed by atoms with Gasteiger partial charge in [0.05, 0.1) is 0 Å². The molecular weight excluding hydrogens is 331 g/mol. The molecule has 0 amide bonds. The Morgan fingerprint density at radius 2 is 2.19 bits per heavy atom. The van der Waals surface area contributed by atoms with Crippen molar-refractivity contribution in [2.75, 3.05) is 19.6 Å². The van der Waals surface area contributed by atoms with Gasteiger partial charge in [-0.15, -0.1) is 0 Å². The van der Waals surface area contributed by atoms with Crippen molar-refractivity contribution in [2.45, 2.75) is 44.7 Å². The maximum atomic E-state index is 13.3. The zero-order chi connectivity index (χ0) is 14.8. The van der Waals surface area contributed by atoms with Crippen molar-refractivity contribution >= 4 is 15.9 Å². The fourth-order valence-corrected chi connectivity index (χ4v) is 4.55. The van der Waals surface area contributed by atoms with Gasteiger partial charge < -0.3 is 5.32 Å². The van der Waals surface area contributed by atoms with Crippen molar-refractivity contribution in [1.82, 2.24) is 10.2 Å². The third-order valence-corrected chi connectivity index (χ3v) is 5.80. The van der Waals surface area contributed by atoms with Crippen molar-refractivity contribution in [3.8, 4) is 0 Å². The summed E-state index contributed by atoms with van der Waals surface area (Å²) in [6.45, 7) is 5.72. The van der Waals surface area contributed by atoms with Crippen LogP contribution in [0.15, 0.2) is 22.7 Å². The summed E-state index contributed by atoms with van der Waals surface area (Å²) in [5.74, 6) is 0.590. The molecule has 1 aromatic carbocycles. The highest BCUT2D eigenvalue weighted by molar-refractivity contribution is 9.10. The second-order valence-corrected chi connectivity index (χ2v) is 7.30. The second-order valence-electron chi connectivity index (χ2n) is 6.44. The van der Waals surface area contributed by atoms with Gasteiger partial charge in [-0.3, -0.25) is 4.90 Å². The average molecular weight is 355 g/mol. The summed E-state index contributed by atoms with van der Waals surface area (Å²) in [7, 11) is 0. The lowest BCUT2D eigenvalue weighted by molar-refractivity contribution is 0.114. The van der Waals surface area contributed by atoms with Gasteiger partial charge in [-0.1, -0.05) is 22.0 Å². The predicted molar refractivity (Wildman–Crippen MR) is 87.8 cm³/mol. The van der Waals surface area contributed by atoms with Crippen molar-refractivity contribution in [3.05, 3.63) is 34.1 Å². The van der Waals surface area contributed by atoms with E-state index in [2.05, 4.69) is 33.1 Å². The first-order valence-corrected chi connectivity index (χ1v) is 8.87. The maximum absolute atomic E-state index is 13.3. The van der Waals surface area contributed by atoms with Crippen molar-refractivity contribution < 1.29 is 4.39 Å². The third-order valence-electron chi connectivity index (χ3n) is 5.12. The van der Waals surface area contributed by atoms with Gasteiger partial charge in [0.25, 0.3) is 0 Å². The van der Waals surface area contributed by atoms with Gasteiger partial charge in [0.1, 0.15) is 5.82 Å². The van der Waals surface area contributed by atoms with Crippen LogP contribution in [-0.4, -0.2) is 30.6 Å². The molecule has 2 nitrogen and oxygen atoms in total. The van der Waals surface area contributed by atoms with Crippen LogP contribution in [0.5, 0.6) is 0 Å². The Kier molecular flexibility index (Phi) is 4.97. The summed E-state index contributed by atoms with van der Waals surface area (Å²) >= 11 is 3.52. The van der Waals surface area contributed by atoms with E-state index in [4.69, 9.17) is 0 Å². The molecule has 21 heavy (non-hydrogen) atoms. The second kappa shape index (κ2) is 6.76. The molecule has 3 atom stereocenters. The van der Waals surface area contributed by atoms with E-state index in [1.165, 1.54) is 37.8 Å². The Hall–Kier alpha value is -0.450. The quantitative estimate of drug-likeness (QED) is 0.878. The lowest BCUT2D eigenvalue weighted by Gasteiger charge is -2.39. The van der Waals surface area contributed by atoms with Crippen molar-refractivity contribution in [2.24, 2.45) is 5.92 Å². The number of nitrogens with one attached hydrogen (secondary N) is 1. The van der Waals surface area contributed by atoms with Gasteiger partial charge in [-0.2, -0.15) is 0 Å². The van der Waals surface area contributed by atoms with Crippen LogP contribution in [0.3, 0.4) is 0 Å². The average Bonchev–Trinajstić information content (AvgIpc) is 3.01. The number of halogens is 2. The fraction of sp³-hybridized carbons (Fsp3) is 0.647. The first-order valence-electron chi connectivity index (χ1n) is 8.07. The molecule has 4 heteroatoms. The molecule has 1 N–H and O–H groups in total. The lowest BCUT2D eigenvalue weighted by Crippen LogP contribution is -2.44. The minimum Gasteiger partial charge on any atom is -0.314 e. The van der Waals surface area contributed by atoms with E-state index in [1.807, 2.05) is 6.07 Å². The Balaban J connectivity index is 1.70. The van der Waals surface area contributed by atoms with E-state index < -0.39 is 0 Å². The molecule has 0 spiro atoms. The molecule has 0 saturated carbocycles. The first kappa shape index (κ1) is 15.4. The molecule has 2 saturated heterocycles. The number of hydrogen-bond acceptors (Lipinski definition) is 2. The normalized spacial score (nSPS) is 28.7. The fourth-order valence-electron chi connectivity index (χ4n) is 3.87. The zero-order valence-corrected chi connectivity index (χ0v) is 14.2. The van der Waals surface area contributed by atoms with Crippen molar-refractivity contribution in [1.29, 1.82) is 0 Å². The van der Waals surface area contributed by atoms with Gasteiger partial charge in [0.2, 0.25) is 0 Å². The number of likely N-dealkylation sites (tertiary alicyclic amines) is 1. The molecule has 116 valence electrons. The highest BCUT2D eigenvalue weighted by atomic mass is 79.9. The molecule has 0 aliphatic carbocycles. The van der Waals surface area contributed by atoms with E-state index in [0.29, 0.717) is 12.1 Å². The topological polar surface area (TPSA) is 15.3 Å². The van der Waals surface area contributed by atoms with Crippen LogP contribution in [-0.2, 0) is 0 Å². The van der Waals surface area contributed by atoms with E-state index in [0.717, 1.165) is 23.5 Å². The third kappa shape index (κ3) is 3.49. The van der Waals surface area contributed by atoms with Crippen LogP contribution in [0, 0.1) is 11.7 Å². The molecule has 2 fully saturated rings. The number of rotatable bonds is 3. The lowest BCUT2D eigenvalue weighted by atomic mass is 9.88. The van der Waals surface area contributed by atoms with Crippen LogP contribution in [0.1, 0.15) is 44.2 Å². The van der Waals surface area contributed by atoms with Crippen LogP contribution in [0.2, 0.25) is 0 Å². The monoisotopic (exact) mass is 354 g/mol. The summed E-state index contributed by atoms with van der Waals surface area (Å²) in [5, 5.41) is 3.66. The molecule has 0 radical (unpaired) electrons. The van der Waals surface area contributed by atoms with E-state index in [9.17, 15) is 4.39 Å². The molecular formula is C17H24BrFN2. The molecule has 2 heterocycles.